The molecule has 1 aliphatic rings. The summed E-state index contributed by atoms with van der Waals surface area (Å²) in [5.41, 5.74) is 1.13. The van der Waals surface area contributed by atoms with Gasteiger partial charge < -0.3 is 19.7 Å². The van der Waals surface area contributed by atoms with Crippen molar-refractivity contribution in [1.82, 2.24) is 19.9 Å². The second-order valence-electron chi connectivity index (χ2n) is 6.21. The summed E-state index contributed by atoms with van der Waals surface area (Å²) in [5, 5.41) is 3.39. The third-order valence-corrected chi connectivity index (χ3v) is 5.56. The van der Waals surface area contributed by atoms with Crippen LogP contribution < -0.4 is 10.2 Å². The van der Waals surface area contributed by atoms with E-state index in [1.165, 1.54) is 12.4 Å². The SMILES string of the molecule is CCOC(=O)c1cnc(NCc2cc3nc(Cl)nc(N4CCOCC4)c3s2)nc1. The second-order valence-corrected chi connectivity index (χ2v) is 7.69. The average molecular weight is 435 g/mol. The van der Waals surface area contributed by atoms with E-state index in [-0.39, 0.29) is 5.28 Å². The number of nitrogens with one attached hydrogen (secondary N) is 1. The molecule has 29 heavy (non-hydrogen) atoms. The third kappa shape index (κ3) is 4.55. The molecule has 0 radical (unpaired) electrons. The Bertz CT molecular complexity index is 1010. The van der Waals surface area contributed by atoms with Gasteiger partial charge in [0.2, 0.25) is 11.2 Å². The Kier molecular flexibility index (Phi) is 6.02. The molecule has 3 aromatic rings. The highest BCUT2D eigenvalue weighted by atomic mass is 35.5. The molecule has 0 unspecified atom stereocenters. The van der Waals surface area contributed by atoms with Crippen molar-refractivity contribution in [3.8, 4) is 0 Å². The summed E-state index contributed by atoms with van der Waals surface area (Å²) in [4.78, 5) is 32.0. The largest absolute Gasteiger partial charge is 0.462 e. The Labute approximate surface area is 176 Å². The summed E-state index contributed by atoms with van der Waals surface area (Å²) in [6, 6.07) is 1.98. The molecule has 9 nitrogen and oxygen atoms in total. The maximum Gasteiger partial charge on any atom is 0.341 e. The zero-order chi connectivity index (χ0) is 20.2. The lowest BCUT2D eigenvalue weighted by Crippen LogP contribution is -2.36. The number of hydrogen-bond acceptors (Lipinski definition) is 10. The van der Waals surface area contributed by atoms with E-state index in [0.717, 1.165) is 34.0 Å². The molecule has 152 valence electrons. The molecule has 0 atom stereocenters. The van der Waals surface area contributed by atoms with Crippen LogP contribution in [0, 0.1) is 0 Å². The third-order valence-electron chi connectivity index (χ3n) is 4.27. The molecule has 11 heteroatoms. The van der Waals surface area contributed by atoms with Crippen LogP contribution in [0.2, 0.25) is 5.28 Å². The van der Waals surface area contributed by atoms with Gasteiger partial charge in [-0.3, -0.25) is 0 Å². The van der Waals surface area contributed by atoms with Gasteiger partial charge in [-0.1, -0.05) is 0 Å². The smallest absolute Gasteiger partial charge is 0.341 e. The summed E-state index contributed by atoms with van der Waals surface area (Å²) in [7, 11) is 0. The van der Waals surface area contributed by atoms with Crippen LogP contribution in [0.4, 0.5) is 11.8 Å². The maximum atomic E-state index is 11.7. The van der Waals surface area contributed by atoms with E-state index in [1.807, 2.05) is 6.07 Å². The second kappa shape index (κ2) is 8.85. The number of aromatic nitrogens is 4. The fourth-order valence-corrected chi connectivity index (χ4v) is 4.14. The molecule has 0 spiro atoms. The molecule has 0 bridgehead atoms. The molecular weight excluding hydrogens is 416 g/mol. The van der Waals surface area contributed by atoms with Crippen molar-refractivity contribution in [3.63, 3.8) is 0 Å². The van der Waals surface area contributed by atoms with Crippen LogP contribution in [0.25, 0.3) is 10.2 Å². The van der Waals surface area contributed by atoms with Crippen LogP contribution in [0.3, 0.4) is 0 Å². The topological polar surface area (TPSA) is 102 Å². The van der Waals surface area contributed by atoms with Crippen LogP contribution in [0.15, 0.2) is 18.5 Å². The number of ether oxygens (including phenoxy) is 2. The van der Waals surface area contributed by atoms with Gasteiger partial charge in [0.05, 0.1) is 42.1 Å². The Morgan fingerprint density at radius 2 is 2.07 bits per heavy atom. The number of thiophene rings is 1. The highest BCUT2D eigenvalue weighted by Gasteiger charge is 2.19. The summed E-state index contributed by atoms with van der Waals surface area (Å²) < 4.78 is 11.3. The number of fused-ring (bicyclic) bond motifs is 1. The standard InChI is InChI=1S/C18H19ClN6O3S/c1-2-28-16(26)11-8-20-18(21-9-11)22-10-12-7-13-14(29-12)15(24-17(19)23-13)25-3-5-27-6-4-25/h7-9H,2-6,10H2,1H3,(H,20,21,22). The lowest BCUT2D eigenvalue weighted by atomic mass is 10.3. The molecule has 0 amide bonds. The van der Waals surface area contributed by atoms with E-state index in [9.17, 15) is 4.79 Å². The summed E-state index contributed by atoms with van der Waals surface area (Å²) in [5.74, 6) is 0.831. The molecule has 4 rings (SSSR count). The number of esters is 1. The molecule has 0 saturated carbocycles. The maximum absolute atomic E-state index is 11.7. The molecule has 3 aromatic heterocycles. The predicted molar refractivity (Wildman–Crippen MR) is 111 cm³/mol. The zero-order valence-corrected chi connectivity index (χ0v) is 17.3. The lowest BCUT2D eigenvalue weighted by molar-refractivity contribution is 0.0525. The van der Waals surface area contributed by atoms with Crippen molar-refractivity contribution in [1.29, 1.82) is 0 Å². The van der Waals surface area contributed by atoms with Crippen LogP contribution in [-0.4, -0.2) is 58.8 Å². The van der Waals surface area contributed by atoms with E-state index < -0.39 is 5.97 Å². The quantitative estimate of drug-likeness (QED) is 0.463. The van der Waals surface area contributed by atoms with E-state index >= 15 is 0 Å². The van der Waals surface area contributed by atoms with Crippen molar-refractivity contribution >= 4 is 50.9 Å². The molecule has 1 saturated heterocycles. The normalized spacial score (nSPS) is 14.2. The van der Waals surface area contributed by atoms with Crippen molar-refractivity contribution in [2.45, 2.75) is 13.5 Å². The fraction of sp³-hybridized carbons (Fsp3) is 0.389. The fourth-order valence-electron chi connectivity index (χ4n) is 2.92. The summed E-state index contributed by atoms with van der Waals surface area (Å²) in [6.07, 6.45) is 2.89. The number of anilines is 2. The summed E-state index contributed by atoms with van der Waals surface area (Å²) in [6.45, 7) is 5.46. The number of morpholine rings is 1. The van der Waals surface area contributed by atoms with E-state index in [0.29, 0.717) is 37.9 Å². The molecule has 0 aliphatic carbocycles. The van der Waals surface area contributed by atoms with Gasteiger partial charge >= 0.3 is 5.97 Å². The van der Waals surface area contributed by atoms with Crippen molar-refractivity contribution in [2.75, 3.05) is 43.1 Å². The highest BCUT2D eigenvalue weighted by molar-refractivity contribution is 7.19. The first-order chi connectivity index (χ1) is 14.1. The molecule has 1 fully saturated rings. The van der Waals surface area contributed by atoms with Crippen LogP contribution in [0.1, 0.15) is 22.2 Å². The van der Waals surface area contributed by atoms with Gasteiger partial charge in [-0.2, -0.15) is 4.98 Å². The van der Waals surface area contributed by atoms with Crippen molar-refractivity contribution < 1.29 is 14.3 Å². The van der Waals surface area contributed by atoms with E-state index in [2.05, 4.69) is 30.2 Å². The van der Waals surface area contributed by atoms with E-state index in [4.69, 9.17) is 21.1 Å². The zero-order valence-electron chi connectivity index (χ0n) is 15.7. The monoisotopic (exact) mass is 434 g/mol. The van der Waals surface area contributed by atoms with Gasteiger partial charge in [0.25, 0.3) is 0 Å². The number of carbonyl (C=O) groups excluding carboxylic acids is 1. The van der Waals surface area contributed by atoms with Gasteiger partial charge in [0.15, 0.2) is 5.82 Å². The number of nitrogens with zero attached hydrogens (tertiary/aromatic N) is 5. The Hall–Kier alpha value is -2.56. The Morgan fingerprint density at radius 3 is 2.79 bits per heavy atom. The average Bonchev–Trinajstić information content (AvgIpc) is 3.15. The van der Waals surface area contributed by atoms with Crippen LogP contribution in [0.5, 0.6) is 0 Å². The Balaban J connectivity index is 1.49. The molecule has 4 heterocycles. The molecule has 1 N–H and O–H groups in total. The van der Waals surface area contributed by atoms with Gasteiger partial charge in [0.1, 0.15) is 0 Å². The van der Waals surface area contributed by atoms with Crippen LogP contribution in [-0.2, 0) is 16.0 Å². The number of rotatable bonds is 6. The van der Waals surface area contributed by atoms with Crippen molar-refractivity contribution in [3.05, 3.63) is 34.2 Å². The van der Waals surface area contributed by atoms with Crippen LogP contribution >= 0.6 is 22.9 Å². The first-order valence-electron chi connectivity index (χ1n) is 9.15. The number of hydrogen-bond donors (Lipinski definition) is 1. The first kappa shape index (κ1) is 19.7. The molecule has 0 aromatic carbocycles. The lowest BCUT2D eigenvalue weighted by Gasteiger charge is -2.28. The van der Waals surface area contributed by atoms with Gasteiger partial charge in [0, 0.05) is 30.4 Å². The van der Waals surface area contributed by atoms with E-state index in [1.54, 1.807) is 18.3 Å². The van der Waals surface area contributed by atoms with Gasteiger partial charge in [-0.05, 0) is 24.6 Å². The highest BCUT2D eigenvalue weighted by Crippen LogP contribution is 2.33. The predicted octanol–water partition coefficient (Wildman–Crippen LogP) is 2.76. The van der Waals surface area contributed by atoms with Gasteiger partial charge in [-0.25, -0.2) is 19.7 Å². The van der Waals surface area contributed by atoms with Gasteiger partial charge in [-0.15, -0.1) is 11.3 Å². The molecule has 1 aliphatic heterocycles. The minimum atomic E-state index is -0.436. The number of halogens is 1. The summed E-state index contributed by atoms with van der Waals surface area (Å²) >= 11 is 7.74. The number of carbonyl (C=O) groups is 1. The Morgan fingerprint density at radius 1 is 1.31 bits per heavy atom. The first-order valence-corrected chi connectivity index (χ1v) is 10.3. The van der Waals surface area contributed by atoms with Crippen molar-refractivity contribution in [2.24, 2.45) is 0 Å². The minimum Gasteiger partial charge on any atom is -0.462 e. The minimum absolute atomic E-state index is 0.231. The molecular formula is C18H19ClN6O3S.